The Kier molecular flexibility index (Phi) is 5.01. The van der Waals surface area contributed by atoms with E-state index in [4.69, 9.17) is 0 Å². The van der Waals surface area contributed by atoms with Gasteiger partial charge in [0.25, 0.3) is 0 Å². The molecule has 0 saturated heterocycles. The van der Waals surface area contributed by atoms with Crippen LogP contribution in [-0.2, 0) is 6.18 Å². The molecule has 0 bridgehead atoms. The van der Waals surface area contributed by atoms with Crippen LogP contribution in [0.25, 0.3) is 0 Å². The molecule has 1 atom stereocenters. The minimum atomic E-state index is -4.21. The van der Waals surface area contributed by atoms with Crippen LogP contribution in [-0.4, -0.2) is 6.04 Å². The van der Waals surface area contributed by atoms with Crippen LogP contribution in [0.5, 0.6) is 0 Å². The van der Waals surface area contributed by atoms with Gasteiger partial charge in [0.15, 0.2) is 0 Å². The van der Waals surface area contributed by atoms with Gasteiger partial charge in [-0.05, 0) is 25.6 Å². The second-order valence-corrected chi connectivity index (χ2v) is 4.07. The second-order valence-electron chi connectivity index (χ2n) is 4.07. The molecule has 0 aliphatic carbocycles. The summed E-state index contributed by atoms with van der Waals surface area (Å²) in [5.41, 5.74) is 0.693. The van der Waals surface area contributed by atoms with Crippen LogP contribution in [0.2, 0.25) is 0 Å². The number of hydrogen-bond acceptors (Lipinski definition) is 1. The first-order valence-corrected chi connectivity index (χ1v) is 5.63. The molecule has 1 aromatic rings. The van der Waals surface area contributed by atoms with Crippen LogP contribution in [0.3, 0.4) is 0 Å². The van der Waals surface area contributed by atoms with E-state index in [1.54, 1.807) is 6.07 Å². The van der Waals surface area contributed by atoms with E-state index in [9.17, 15) is 13.2 Å². The molecule has 1 heterocycles. The van der Waals surface area contributed by atoms with E-state index in [0.717, 1.165) is 12.1 Å². The zero-order valence-electron chi connectivity index (χ0n) is 10.3. The Hall–Kier alpha value is -1.71. The average Bonchev–Trinajstić information content (AvgIpc) is 2.34. The molecular weight excluding hydrogens is 239 g/mol. The van der Waals surface area contributed by atoms with Gasteiger partial charge in [0.2, 0.25) is 0 Å². The van der Waals surface area contributed by atoms with Crippen LogP contribution in [0, 0.1) is 0 Å². The molecule has 1 nitrogen and oxygen atoms in total. The lowest BCUT2D eigenvalue weighted by Gasteiger charge is -2.10. The molecule has 1 unspecified atom stereocenters. The molecule has 0 fully saturated rings. The van der Waals surface area contributed by atoms with Crippen molar-refractivity contribution in [3.05, 3.63) is 59.8 Å². The van der Waals surface area contributed by atoms with Crippen LogP contribution in [0.4, 0.5) is 13.2 Å². The molecular formula is C14H16F3N. The average molecular weight is 255 g/mol. The maximum atomic E-state index is 11.8. The van der Waals surface area contributed by atoms with Gasteiger partial charge < -0.3 is 5.32 Å². The fraction of sp³-hybridized carbons (Fsp3) is 0.286. The predicted octanol–water partition coefficient (Wildman–Crippen LogP) is 4.14. The molecule has 1 aliphatic heterocycles. The van der Waals surface area contributed by atoms with Crippen LogP contribution < -0.4 is 5.32 Å². The maximum absolute atomic E-state index is 11.8. The van der Waals surface area contributed by atoms with Crippen molar-refractivity contribution in [2.24, 2.45) is 0 Å². The van der Waals surface area contributed by atoms with Gasteiger partial charge >= 0.3 is 6.18 Å². The molecule has 0 saturated carbocycles. The molecule has 2 rings (SSSR count). The molecule has 1 aromatic carbocycles. The fourth-order valence-electron chi connectivity index (χ4n) is 1.29. The summed E-state index contributed by atoms with van der Waals surface area (Å²) in [7, 11) is 0. The Morgan fingerprint density at radius 3 is 2.06 bits per heavy atom. The van der Waals surface area contributed by atoms with Crippen LogP contribution in [0.15, 0.2) is 54.3 Å². The summed E-state index contributed by atoms with van der Waals surface area (Å²) in [6, 6.07) is 6.87. The fourth-order valence-corrected chi connectivity index (χ4v) is 1.29. The molecule has 0 radical (unpaired) electrons. The molecule has 1 aliphatic rings. The van der Waals surface area contributed by atoms with Crippen molar-refractivity contribution in [3.8, 4) is 0 Å². The highest BCUT2D eigenvalue weighted by atomic mass is 19.4. The third kappa shape index (κ3) is 5.08. The van der Waals surface area contributed by atoms with E-state index in [-0.39, 0.29) is 0 Å². The number of allylic oxidation sites excluding steroid dienone is 2. The molecule has 0 aromatic heterocycles. The lowest BCUT2D eigenvalue weighted by atomic mass is 10.2. The molecule has 1 N–H and O–H groups in total. The van der Waals surface area contributed by atoms with Gasteiger partial charge in [0.1, 0.15) is 0 Å². The van der Waals surface area contributed by atoms with Crippen molar-refractivity contribution >= 4 is 0 Å². The molecule has 0 amide bonds. The van der Waals surface area contributed by atoms with Crippen LogP contribution in [0.1, 0.15) is 19.4 Å². The first-order chi connectivity index (χ1) is 8.39. The highest BCUT2D eigenvalue weighted by molar-refractivity contribution is 5.21. The number of hydrogen-bond donors (Lipinski definition) is 1. The van der Waals surface area contributed by atoms with Crippen molar-refractivity contribution in [1.82, 2.24) is 5.32 Å². The third-order valence-corrected chi connectivity index (χ3v) is 2.32. The summed E-state index contributed by atoms with van der Waals surface area (Å²) in [6.07, 6.45) is 2.10. The topological polar surface area (TPSA) is 12.0 Å². The Morgan fingerprint density at radius 2 is 1.72 bits per heavy atom. The van der Waals surface area contributed by atoms with E-state index < -0.39 is 11.7 Å². The Balaban J connectivity index is 0.000000184. The Labute approximate surface area is 105 Å². The number of rotatable bonds is 0. The first-order valence-electron chi connectivity index (χ1n) is 5.63. The number of dihydropyridines is 1. The van der Waals surface area contributed by atoms with Crippen LogP contribution >= 0.6 is 0 Å². The van der Waals surface area contributed by atoms with Crippen molar-refractivity contribution in [3.63, 3.8) is 0 Å². The highest BCUT2D eigenvalue weighted by Gasteiger charge is 2.29. The quantitative estimate of drug-likeness (QED) is 0.734. The smallest absolute Gasteiger partial charge is 0.385 e. The Bertz CT molecular complexity index is 418. The zero-order chi connectivity index (χ0) is 13.6. The summed E-state index contributed by atoms with van der Waals surface area (Å²) < 4.78 is 35.4. The minimum Gasteiger partial charge on any atom is -0.385 e. The summed E-state index contributed by atoms with van der Waals surface area (Å²) in [6.45, 7) is 4.20. The van der Waals surface area contributed by atoms with E-state index >= 15 is 0 Å². The second kappa shape index (κ2) is 6.28. The number of nitrogens with one attached hydrogen (secondary N) is 1. The van der Waals surface area contributed by atoms with Crippen molar-refractivity contribution in [2.45, 2.75) is 26.1 Å². The van der Waals surface area contributed by atoms with Gasteiger partial charge in [-0.2, -0.15) is 13.2 Å². The van der Waals surface area contributed by atoms with E-state index in [1.807, 2.05) is 6.20 Å². The van der Waals surface area contributed by atoms with Gasteiger partial charge in [-0.3, -0.25) is 0 Å². The van der Waals surface area contributed by atoms with Crippen molar-refractivity contribution in [1.29, 1.82) is 0 Å². The normalized spacial score (nSPS) is 18.3. The standard InChI is InChI=1S/C7H5F3.C7H11N/c8-7(9,10)6-4-2-1-3-5-6;1-6-3-4-7(2)8-5-6/h1-5H;3-5,7-8H,1-2H3. The van der Waals surface area contributed by atoms with Gasteiger partial charge in [0.05, 0.1) is 5.56 Å². The first kappa shape index (κ1) is 14.4. The number of halogens is 3. The summed E-state index contributed by atoms with van der Waals surface area (Å²) >= 11 is 0. The minimum absolute atomic E-state index is 0.513. The maximum Gasteiger partial charge on any atom is 0.416 e. The van der Waals surface area contributed by atoms with Gasteiger partial charge in [-0.1, -0.05) is 42.5 Å². The van der Waals surface area contributed by atoms with Gasteiger partial charge in [0, 0.05) is 6.04 Å². The van der Waals surface area contributed by atoms with E-state index in [1.165, 1.54) is 17.7 Å². The third-order valence-electron chi connectivity index (χ3n) is 2.32. The number of alkyl halides is 3. The molecule has 4 heteroatoms. The molecule has 0 spiro atoms. The monoisotopic (exact) mass is 255 g/mol. The SMILES string of the molecule is CC1=CNC(C)C=C1.FC(F)(F)c1ccccc1. The Morgan fingerprint density at radius 1 is 1.11 bits per heavy atom. The highest BCUT2D eigenvalue weighted by Crippen LogP contribution is 2.28. The largest absolute Gasteiger partial charge is 0.416 e. The summed E-state index contributed by atoms with van der Waals surface area (Å²) in [4.78, 5) is 0. The lowest BCUT2D eigenvalue weighted by molar-refractivity contribution is -0.137. The van der Waals surface area contributed by atoms with Crippen molar-refractivity contribution in [2.75, 3.05) is 0 Å². The van der Waals surface area contributed by atoms with E-state index in [2.05, 4.69) is 31.3 Å². The van der Waals surface area contributed by atoms with Crippen molar-refractivity contribution < 1.29 is 13.2 Å². The molecule has 18 heavy (non-hydrogen) atoms. The van der Waals surface area contributed by atoms with E-state index in [0.29, 0.717) is 6.04 Å². The molecule has 98 valence electrons. The van der Waals surface area contributed by atoms with Gasteiger partial charge in [-0.25, -0.2) is 0 Å². The summed E-state index contributed by atoms with van der Waals surface area (Å²) in [5, 5.41) is 3.18. The van der Waals surface area contributed by atoms with Gasteiger partial charge in [-0.15, -0.1) is 0 Å². The number of benzene rings is 1. The zero-order valence-corrected chi connectivity index (χ0v) is 10.3. The summed E-state index contributed by atoms with van der Waals surface area (Å²) in [5.74, 6) is 0. The predicted molar refractivity (Wildman–Crippen MR) is 66.9 cm³/mol. The lowest BCUT2D eigenvalue weighted by Crippen LogP contribution is -2.20.